The van der Waals surface area contributed by atoms with Crippen molar-refractivity contribution in [2.45, 2.75) is 46.0 Å². The van der Waals surface area contributed by atoms with E-state index in [0.29, 0.717) is 13.0 Å². The van der Waals surface area contributed by atoms with Crippen LogP contribution in [-0.2, 0) is 9.53 Å². The molecule has 1 atom stereocenters. The van der Waals surface area contributed by atoms with E-state index in [2.05, 4.69) is 6.07 Å². The second kappa shape index (κ2) is 5.69. The Labute approximate surface area is 97.1 Å². The number of allylic oxidation sites excluding steroid dienone is 1. The van der Waals surface area contributed by atoms with Gasteiger partial charge in [-0.25, -0.2) is 4.79 Å². The molecule has 0 aromatic rings. The lowest BCUT2D eigenvalue weighted by molar-refractivity contribution is -0.150. The number of nitriles is 1. The Morgan fingerprint density at radius 2 is 2.31 bits per heavy atom. The first kappa shape index (κ1) is 12.8. The van der Waals surface area contributed by atoms with Crippen LogP contribution in [0.15, 0.2) is 11.6 Å². The number of hydrogen-bond donors (Lipinski definition) is 0. The first-order valence-corrected chi connectivity index (χ1v) is 5.99. The number of carbonyl (C=O) groups excluding carboxylic acids is 1. The van der Waals surface area contributed by atoms with Crippen molar-refractivity contribution in [3.8, 4) is 6.07 Å². The molecule has 3 heteroatoms. The molecule has 0 N–H and O–H groups in total. The predicted octanol–water partition coefficient (Wildman–Crippen LogP) is 2.97. The van der Waals surface area contributed by atoms with E-state index < -0.39 is 5.41 Å². The van der Waals surface area contributed by atoms with Crippen molar-refractivity contribution in [2.24, 2.45) is 5.41 Å². The van der Waals surface area contributed by atoms with Gasteiger partial charge in [-0.2, -0.15) is 5.26 Å². The molecule has 16 heavy (non-hydrogen) atoms. The lowest BCUT2D eigenvalue weighted by atomic mass is 9.74. The fraction of sp³-hybridized carbons (Fsp3) is 0.692. The van der Waals surface area contributed by atoms with Crippen LogP contribution in [0.5, 0.6) is 0 Å². The maximum atomic E-state index is 11.9. The average Bonchev–Trinajstić information content (AvgIpc) is 2.33. The molecule has 88 valence electrons. The minimum atomic E-state index is -1.03. The molecule has 0 radical (unpaired) electrons. The van der Waals surface area contributed by atoms with Gasteiger partial charge in [-0.15, -0.1) is 0 Å². The third-order valence-corrected chi connectivity index (χ3v) is 3.18. The minimum Gasteiger partial charge on any atom is -0.465 e. The van der Waals surface area contributed by atoms with Gasteiger partial charge in [0.15, 0.2) is 5.41 Å². The molecule has 0 spiro atoms. The molecular formula is C13H19NO2. The summed E-state index contributed by atoms with van der Waals surface area (Å²) in [5, 5.41) is 9.33. The Hall–Kier alpha value is -1.30. The molecule has 1 rings (SSSR count). The lowest BCUT2D eigenvalue weighted by Gasteiger charge is -2.28. The van der Waals surface area contributed by atoms with Gasteiger partial charge in [-0.05, 0) is 44.6 Å². The Kier molecular flexibility index (Phi) is 4.54. The molecular weight excluding hydrogens is 202 g/mol. The van der Waals surface area contributed by atoms with Crippen LogP contribution in [0.3, 0.4) is 0 Å². The highest BCUT2D eigenvalue weighted by atomic mass is 16.5. The van der Waals surface area contributed by atoms with Crippen molar-refractivity contribution in [3.05, 3.63) is 11.6 Å². The van der Waals surface area contributed by atoms with E-state index in [9.17, 15) is 10.1 Å². The van der Waals surface area contributed by atoms with Gasteiger partial charge in [0.25, 0.3) is 0 Å². The topological polar surface area (TPSA) is 50.1 Å². The summed E-state index contributed by atoms with van der Waals surface area (Å²) in [6.07, 6.45) is 6.58. The average molecular weight is 221 g/mol. The maximum absolute atomic E-state index is 11.9. The van der Waals surface area contributed by atoms with E-state index in [-0.39, 0.29) is 5.97 Å². The summed E-state index contributed by atoms with van der Waals surface area (Å²) in [6.45, 7) is 3.97. The van der Waals surface area contributed by atoms with E-state index in [1.807, 2.05) is 13.0 Å². The zero-order valence-corrected chi connectivity index (χ0v) is 10.1. The highest BCUT2D eigenvalue weighted by Gasteiger charge is 2.42. The molecule has 0 aliphatic heterocycles. The van der Waals surface area contributed by atoms with E-state index in [4.69, 9.17) is 4.74 Å². The van der Waals surface area contributed by atoms with Gasteiger partial charge in [0.1, 0.15) is 0 Å². The molecule has 3 nitrogen and oxygen atoms in total. The Morgan fingerprint density at radius 1 is 1.56 bits per heavy atom. The second-order valence-electron chi connectivity index (χ2n) is 4.07. The molecule has 0 unspecified atom stereocenters. The van der Waals surface area contributed by atoms with Crippen LogP contribution in [0.2, 0.25) is 0 Å². The fourth-order valence-electron chi connectivity index (χ4n) is 2.18. The summed E-state index contributed by atoms with van der Waals surface area (Å²) in [6, 6.07) is 2.18. The van der Waals surface area contributed by atoms with Crippen LogP contribution in [-0.4, -0.2) is 12.6 Å². The van der Waals surface area contributed by atoms with Gasteiger partial charge in [-0.3, -0.25) is 0 Å². The third-order valence-electron chi connectivity index (χ3n) is 3.18. The predicted molar refractivity (Wildman–Crippen MR) is 61.5 cm³/mol. The van der Waals surface area contributed by atoms with Crippen molar-refractivity contribution >= 4 is 5.97 Å². The maximum Gasteiger partial charge on any atom is 0.330 e. The zero-order valence-electron chi connectivity index (χ0n) is 10.1. The van der Waals surface area contributed by atoms with Gasteiger partial charge >= 0.3 is 5.97 Å². The number of rotatable bonds is 4. The van der Waals surface area contributed by atoms with Crippen LogP contribution >= 0.6 is 0 Å². The fourth-order valence-corrected chi connectivity index (χ4v) is 2.18. The summed E-state index contributed by atoms with van der Waals surface area (Å²) < 4.78 is 5.04. The molecule has 0 saturated carbocycles. The number of carbonyl (C=O) groups is 1. The SMILES string of the molecule is CCOC(=O)[C@@](C#N)(CC)C1=CCCCC1. The van der Waals surface area contributed by atoms with Crippen LogP contribution in [0.4, 0.5) is 0 Å². The monoisotopic (exact) mass is 221 g/mol. The van der Waals surface area contributed by atoms with Gasteiger partial charge in [0, 0.05) is 0 Å². The second-order valence-corrected chi connectivity index (χ2v) is 4.07. The van der Waals surface area contributed by atoms with Gasteiger partial charge < -0.3 is 4.74 Å². The molecule has 0 aromatic carbocycles. The van der Waals surface area contributed by atoms with Crippen LogP contribution < -0.4 is 0 Å². The summed E-state index contributed by atoms with van der Waals surface area (Å²) in [7, 11) is 0. The third kappa shape index (κ3) is 2.27. The lowest BCUT2D eigenvalue weighted by Crippen LogP contribution is -2.33. The normalized spacial score (nSPS) is 19.2. The Balaban J connectivity index is 3.00. The Bertz CT molecular complexity index is 327. The highest BCUT2D eigenvalue weighted by Crippen LogP contribution is 2.38. The van der Waals surface area contributed by atoms with E-state index in [1.54, 1.807) is 6.92 Å². The molecule has 1 aliphatic rings. The van der Waals surface area contributed by atoms with Crippen molar-refractivity contribution in [3.63, 3.8) is 0 Å². The highest BCUT2D eigenvalue weighted by molar-refractivity contribution is 5.84. The molecule has 1 aliphatic carbocycles. The Morgan fingerprint density at radius 3 is 2.75 bits per heavy atom. The number of ether oxygens (including phenoxy) is 1. The number of esters is 1. The largest absolute Gasteiger partial charge is 0.465 e. The first-order valence-electron chi connectivity index (χ1n) is 5.99. The van der Waals surface area contributed by atoms with Crippen LogP contribution in [0, 0.1) is 16.7 Å². The van der Waals surface area contributed by atoms with Crippen molar-refractivity contribution < 1.29 is 9.53 Å². The summed E-state index contributed by atoms with van der Waals surface area (Å²) in [4.78, 5) is 11.9. The number of nitrogens with zero attached hydrogens (tertiary/aromatic N) is 1. The van der Waals surface area contributed by atoms with E-state index >= 15 is 0 Å². The van der Waals surface area contributed by atoms with Gasteiger partial charge in [-0.1, -0.05) is 13.0 Å². The smallest absolute Gasteiger partial charge is 0.330 e. The van der Waals surface area contributed by atoms with Crippen LogP contribution in [0.25, 0.3) is 0 Å². The summed E-state index contributed by atoms with van der Waals surface area (Å²) >= 11 is 0. The summed E-state index contributed by atoms with van der Waals surface area (Å²) in [5.74, 6) is -0.381. The van der Waals surface area contributed by atoms with Gasteiger partial charge in [0.2, 0.25) is 0 Å². The van der Waals surface area contributed by atoms with E-state index in [1.165, 1.54) is 0 Å². The van der Waals surface area contributed by atoms with Crippen molar-refractivity contribution in [1.29, 1.82) is 5.26 Å². The molecule has 0 bridgehead atoms. The standard InChI is InChI=1S/C13H19NO2/c1-3-13(10-14,12(15)16-4-2)11-8-6-5-7-9-11/h8H,3-7,9H2,1-2H3/t13-/m1/s1. The quantitative estimate of drug-likeness (QED) is 0.541. The van der Waals surface area contributed by atoms with Crippen LogP contribution in [0.1, 0.15) is 46.0 Å². The molecule has 0 fully saturated rings. The summed E-state index contributed by atoms with van der Waals surface area (Å²) in [5.41, 5.74) is -0.0709. The molecule has 0 heterocycles. The van der Waals surface area contributed by atoms with Crippen molar-refractivity contribution in [1.82, 2.24) is 0 Å². The molecule has 0 saturated heterocycles. The van der Waals surface area contributed by atoms with E-state index in [0.717, 1.165) is 31.3 Å². The molecule has 0 aromatic heterocycles. The molecule has 0 amide bonds. The first-order chi connectivity index (χ1) is 7.71. The number of hydrogen-bond acceptors (Lipinski definition) is 3. The van der Waals surface area contributed by atoms with Gasteiger partial charge in [0.05, 0.1) is 12.7 Å². The minimum absolute atomic E-state index is 0.329. The zero-order chi connectivity index (χ0) is 12.0. The van der Waals surface area contributed by atoms with Crippen molar-refractivity contribution in [2.75, 3.05) is 6.61 Å².